The molecule has 1 heterocycles. The molecule has 1 N–H and O–H groups in total. The highest BCUT2D eigenvalue weighted by Gasteiger charge is 2.29. The monoisotopic (exact) mass is 446 g/mol. The lowest BCUT2D eigenvalue weighted by Gasteiger charge is -2.33. The van der Waals surface area contributed by atoms with E-state index in [1.54, 1.807) is 11.8 Å². The van der Waals surface area contributed by atoms with E-state index in [2.05, 4.69) is 5.32 Å². The van der Waals surface area contributed by atoms with E-state index in [1.807, 2.05) is 0 Å². The maximum Gasteiger partial charge on any atom is 0.274 e. The van der Waals surface area contributed by atoms with Gasteiger partial charge in [0, 0.05) is 56.0 Å². The summed E-state index contributed by atoms with van der Waals surface area (Å²) < 4.78 is 27.2. The van der Waals surface area contributed by atoms with Gasteiger partial charge in [-0.2, -0.15) is 4.31 Å². The molecule has 0 aromatic heterocycles. The lowest BCUT2D eigenvalue weighted by atomic mass is 10.1. The smallest absolute Gasteiger partial charge is 0.274 e. The second-order valence-electron chi connectivity index (χ2n) is 7.15. The third-order valence-corrected chi connectivity index (χ3v) is 6.98. The number of benzene rings is 2. The molecule has 2 aromatic carbocycles. The van der Waals surface area contributed by atoms with Crippen LogP contribution in [0, 0.1) is 17.0 Å². The van der Waals surface area contributed by atoms with Gasteiger partial charge in [-0.15, -0.1) is 0 Å². The van der Waals surface area contributed by atoms with Crippen molar-refractivity contribution in [3.63, 3.8) is 0 Å². The van der Waals surface area contributed by atoms with Gasteiger partial charge in [-0.05, 0) is 31.2 Å². The van der Waals surface area contributed by atoms with E-state index in [0.717, 1.165) is 0 Å². The van der Waals surface area contributed by atoms with Crippen LogP contribution in [-0.2, 0) is 14.8 Å². The molecular formula is C20H22N4O6S. The summed E-state index contributed by atoms with van der Waals surface area (Å²) in [6.45, 7) is 3.99. The van der Waals surface area contributed by atoms with Crippen LogP contribution in [0.25, 0.3) is 0 Å². The predicted octanol–water partition coefficient (Wildman–Crippen LogP) is 2.01. The van der Waals surface area contributed by atoms with Gasteiger partial charge in [0.05, 0.1) is 9.82 Å². The molecule has 1 saturated heterocycles. The van der Waals surface area contributed by atoms with Crippen LogP contribution in [0.15, 0.2) is 47.4 Å². The number of nitrogens with zero attached hydrogens (tertiary/aromatic N) is 3. The van der Waals surface area contributed by atoms with E-state index in [4.69, 9.17) is 0 Å². The third kappa shape index (κ3) is 4.89. The molecule has 0 aliphatic carbocycles. The first-order valence-corrected chi connectivity index (χ1v) is 11.0. The van der Waals surface area contributed by atoms with E-state index in [0.29, 0.717) is 18.7 Å². The number of hydrogen-bond acceptors (Lipinski definition) is 6. The van der Waals surface area contributed by atoms with Gasteiger partial charge in [-0.3, -0.25) is 19.7 Å². The molecule has 11 heteroatoms. The molecule has 10 nitrogen and oxygen atoms in total. The normalized spacial score (nSPS) is 14.8. The Morgan fingerprint density at radius 3 is 2.35 bits per heavy atom. The highest BCUT2D eigenvalue weighted by molar-refractivity contribution is 7.89. The second kappa shape index (κ2) is 8.82. The minimum absolute atomic E-state index is 0.0358. The number of nitro groups is 1. The molecule has 0 atom stereocenters. The Morgan fingerprint density at radius 2 is 1.74 bits per heavy atom. The molecule has 0 saturated carbocycles. The number of aryl methyl sites for hydroxylation is 1. The van der Waals surface area contributed by atoms with Crippen LogP contribution in [0.3, 0.4) is 0 Å². The zero-order valence-corrected chi connectivity index (χ0v) is 17.9. The first-order valence-electron chi connectivity index (χ1n) is 9.51. The van der Waals surface area contributed by atoms with E-state index in [1.165, 1.54) is 53.7 Å². The molecule has 0 spiro atoms. The topological polar surface area (TPSA) is 130 Å². The number of sulfonamides is 1. The minimum Gasteiger partial charge on any atom is -0.340 e. The summed E-state index contributed by atoms with van der Waals surface area (Å²) in [6, 6.07) is 9.91. The Balaban J connectivity index is 1.78. The molecule has 1 aliphatic rings. The van der Waals surface area contributed by atoms with Gasteiger partial charge in [0.25, 0.3) is 11.6 Å². The predicted molar refractivity (Wildman–Crippen MR) is 113 cm³/mol. The first-order chi connectivity index (χ1) is 14.6. The summed E-state index contributed by atoms with van der Waals surface area (Å²) >= 11 is 0. The number of amides is 2. The average molecular weight is 446 g/mol. The average Bonchev–Trinajstić information content (AvgIpc) is 2.75. The van der Waals surface area contributed by atoms with Crippen molar-refractivity contribution in [3.05, 3.63) is 63.7 Å². The van der Waals surface area contributed by atoms with Gasteiger partial charge in [-0.1, -0.05) is 12.1 Å². The Bertz CT molecular complexity index is 1140. The van der Waals surface area contributed by atoms with Gasteiger partial charge in [0.15, 0.2) is 0 Å². The van der Waals surface area contributed by atoms with Crippen molar-refractivity contribution in [2.45, 2.75) is 18.7 Å². The van der Waals surface area contributed by atoms with Gasteiger partial charge < -0.3 is 10.2 Å². The molecule has 31 heavy (non-hydrogen) atoms. The lowest BCUT2D eigenvalue weighted by molar-refractivity contribution is -0.385. The number of carbonyl (C=O) groups is 2. The maximum atomic E-state index is 13.0. The van der Waals surface area contributed by atoms with E-state index in [9.17, 15) is 28.1 Å². The lowest BCUT2D eigenvalue weighted by Crippen LogP contribution is -2.49. The summed E-state index contributed by atoms with van der Waals surface area (Å²) in [6.07, 6.45) is 0. The maximum absolute atomic E-state index is 13.0. The third-order valence-electron chi connectivity index (χ3n) is 5.08. The molecular weight excluding hydrogens is 424 g/mol. The van der Waals surface area contributed by atoms with Crippen LogP contribution in [0.4, 0.5) is 11.4 Å². The largest absolute Gasteiger partial charge is 0.340 e. The van der Waals surface area contributed by atoms with Crippen molar-refractivity contribution >= 4 is 33.2 Å². The molecule has 1 fully saturated rings. The van der Waals surface area contributed by atoms with Crippen molar-refractivity contribution in [1.82, 2.24) is 9.21 Å². The number of nitro benzene ring substituents is 1. The van der Waals surface area contributed by atoms with Gasteiger partial charge in [0.2, 0.25) is 15.9 Å². The molecule has 1 aliphatic heterocycles. The van der Waals surface area contributed by atoms with Crippen molar-refractivity contribution in [3.8, 4) is 0 Å². The molecule has 164 valence electrons. The van der Waals surface area contributed by atoms with Crippen LogP contribution in [-0.4, -0.2) is 60.5 Å². The Labute approximate surface area is 179 Å². The first kappa shape index (κ1) is 22.4. The molecule has 3 rings (SSSR count). The summed E-state index contributed by atoms with van der Waals surface area (Å²) in [5.41, 5.74) is 0.669. The van der Waals surface area contributed by atoms with Gasteiger partial charge in [0.1, 0.15) is 0 Å². The highest BCUT2D eigenvalue weighted by Crippen LogP contribution is 2.24. The second-order valence-corrected chi connectivity index (χ2v) is 9.09. The van der Waals surface area contributed by atoms with Gasteiger partial charge >= 0.3 is 0 Å². The number of anilines is 1. The summed E-state index contributed by atoms with van der Waals surface area (Å²) in [5, 5.41) is 13.7. The van der Waals surface area contributed by atoms with Crippen LogP contribution in [0.5, 0.6) is 0 Å². The SMILES string of the molecule is CC(=O)N1CCN(S(=O)(=O)c2cccc(C(=O)Nc3ccc(C)c([N+](=O)[O-])c3)c2)CC1. The number of hydrogen-bond donors (Lipinski definition) is 1. The standard InChI is InChI=1S/C20H22N4O6S/c1-14-6-7-17(13-19(14)24(27)28)21-20(26)16-4-3-5-18(12-16)31(29,30)23-10-8-22(9-11-23)15(2)25/h3-7,12-13H,8-11H2,1-2H3,(H,21,26). The highest BCUT2D eigenvalue weighted by atomic mass is 32.2. The van der Waals surface area contributed by atoms with Gasteiger partial charge in [-0.25, -0.2) is 8.42 Å². The summed E-state index contributed by atoms with van der Waals surface area (Å²) in [7, 11) is -3.84. The zero-order chi connectivity index (χ0) is 22.8. The number of carbonyl (C=O) groups excluding carboxylic acids is 2. The molecule has 0 radical (unpaired) electrons. The Morgan fingerprint density at radius 1 is 1.06 bits per heavy atom. The summed E-state index contributed by atoms with van der Waals surface area (Å²) in [5.74, 6) is -0.691. The van der Waals surface area contributed by atoms with E-state index >= 15 is 0 Å². The molecule has 2 aromatic rings. The quantitative estimate of drug-likeness (QED) is 0.552. The van der Waals surface area contributed by atoms with Crippen molar-refractivity contribution in [2.24, 2.45) is 0 Å². The van der Waals surface area contributed by atoms with E-state index < -0.39 is 20.9 Å². The Kier molecular flexibility index (Phi) is 6.37. The van der Waals surface area contributed by atoms with E-state index in [-0.39, 0.29) is 40.8 Å². The fourth-order valence-electron chi connectivity index (χ4n) is 3.28. The van der Waals surface area contributed by atoms with Crippen LogP contribution >= 0.6 is 0 Å². The van der Waals surface area contributed by atoms with Crippen molar-refractivity contribution in [1.29, 1.82) is 0 Å². The number of rotatable bonds is 5. The Hall–Kier alpha value is -3.31. The van der Waals surface area contributed by atoms with Crippen LogP contribution < -0.4 is 5.32 Å². The van der Waals surface area contributed by atoms with Crippen molar-refractivity contribution < 1.29 is 22.9 Å². The fraction of sp³-hybridized carbons (Fsp3) is 0.300. The minimum atomic E-state index is -3.84. The molecule has 2 amide bonds. The molecule has 0 bridgehead atoms. The molecule has 0 unspecified atom stereocenters. The number of piperazine rings is 1. The summed E-state index contributed by atoms with van der Waals surface area (Å²) in [4.78, 5) is 36.2. The van der Waals surface area contributed by atoms with Crippen LogP contribution in [0.1, 0.15) is 22.8 Å². The fourth-order valence-corrected chi connectivity index (χ4v) is 4.75. The van der Waals surface area contributed by atoms with Crippen molar-refractivity contribution in [2.75, 3.05) is 31.5 Å². The number of nitrogens with one attached hydrogen (secondary N) is 1. The zero-order valence-electron chi connectivity index (χ0n) is 17.1. The van der Waals surface area contributed by atoms with Crippen LogP contribution in [0.2, 0.25) is 0 Å².